The van der Waals surface area contributed by atoms with Gasteiger partial charge in [-0.05, 0) is 49.4 Å². The molecule has 0 bridgehead atoms. The molecule has 0 atom stereocenters. The number of aromatic nitrogens is 2. The second kappa shape index (κ2) is 8.79. The van der Waals surface area contributed by atoms with E-state index in [0.29, 0.717) is 29.8 Å². The molecule has 142 valence electrons. The first-order valence-electron chi connectivity index (χ1n) is 9.49. The molecule has 1 heterocycles. The number of quaternary nitrogens is 1. The average Bonchev–Trinajstić information content (AvgIpc) is 3.39. The Kier molecular flexibility index (Phi) is 6.21. The Morgan fingerprint density at radius 2 is 2.04 bits per heavy atom. The van der Waals surface area contributed by atoms with E-state index >= 15 is 0 Å². The number of aryl methyl sites for hydroxylation is 1. The van der Waals surface area contributed by atoms with Crippen molar-refractivity contribution in [2.24, 2.45) is 0 Å². The van der Waals surface area contributed by atoms with Crippen molar-refractivity contribution < 1.29 is 19.9 Å². The van der Waals surface area contributed by atoms with Gasteiger partial charge in [0.15, 0.2) is 5.75 Å². The largest absolute Gasteiger partial charge is 0.488 e. The van der Waals surface area contributed by atoms with E-state index in [1.54, 1.807) is 12.1 Å². The SMILES string of the molecule is CC.CCOc1ccc(-c2nc(-c3cccc4c3CCC4)no2)cc1[NH2+]O. The highest BCUT2D eigenvalue weighted by atomic mass is 16.5. The minimum absolute atomic E-state index is 0.428. The van der Waals surface area contributed by atoms with Crippen LogP contribution < -0.4 is 10.2 Å². The molecule has 0 fully saturated rings. The summed E-state index contributed by atoms with van der Waals surface area (Å²) in [5.41, 5.74) is 6.10. The molecule has 4 rings (SSSR count). The number of nitrogens with zero attached hydrogens (tertiary/aromatic N) is 2. The Bertz CT molecular complexity index is 905. The van der Waals surface area contributed by atoms with E-state index in [2.05, 4.69) is 16.2 Å². The lowest BCUT2D eigenvalue weighted by atomic mass is 10.0. The number of rotatable bonds is 5. The molecule has 27 heavy (non-hydrogen) atoms. The van der Waals surface area contributed by atoms with Crippen LogP contribution in [0.1, 0.15) is 38.3 Å². The second-order valence-corrected chi connectivity index (χ2v) is 6.03. The summed E-state index contributed by atoms with van der Waals surface area (Å²) in [5.74, 6) is 1.66. The first-order valence-corrected chi connectivity index (χ1v) is 9.49. The molecular formula is C21H26N3O3+. The van der Waals surface area contributed by atoms with E-state index in [9.17, 15) is 5.21 Å². The highest BCUT2D eigenvalue weighted by Crippen LogP contribution is 2.33. The maximum absolute atomic E-state index is 9.43. The number of nitrogens with two attached hydrogens (primary N) is 1. The van der Waals surface area contributed by atoms with Gasteiger partial charge in [0.25, 0.3) is 5.89 Å². The maximum atomic E-state index is 9.43. The van der Waals surface area contributed by atoms with Crippen LogP contribution in [-0.4, -0.2) is 22.0 Å². The van der Waals surface area contributed by atoms with Crippen LogP contribution in [0.25, 0.3) is 22.8 Å². The minimum atomic E-state index is 0.428. The van der Waals surface area contributed by atoms with E-state index in [0.717, 1.165) is 29.4 Å². The molecule has 0 unspecified atom stereocenters. The van der Waals surface area contributed by atoms with Crippen molar-refractivity contribution in [3.8, 4) is 28.6 Å². The van der Waals surface area contributed by atoms with Crippen LogP contribution in [0, 0.1) is 0 Å². The molecule has 1 aliphatic rings. The third-order valence-corrected chi connectivity index (χ3v) is 4.51. The molecule has 1 aliphatic carbocycles. The van der Waals surface area contributed by atoms with Gasteiger partial charge >= 0.3 is 0 Å². The van der Waals surface area contributed by atoms with Gasteiger partial charge in [0, 0.05) is 17.2 Å². The van der Waals surface area contributed by atoms with Crippen molar-refractivity contribution in [1.82, 2.24) is 10.1 Å². The van der Waals surface area contributed by atoms with Crippen LogP contribution in [0.15, 0.2) is 40.9 Å². The summed E-state index contributed by atoms with van der Waals surface area (Å²) in [5, 5.41) is 13.6. The third-order valence-electron chi connectivity index (χ3n) is 4.51. The van der Waals surface area contributed by atoms with Gasteiger partial charge in [-0.1, -0.05) is 37.2 Å². The predicted molar refractivity (Wildman–Crippen MR) is 103 cm³/mol. The average molecular weight is 368 g/mol. The van der Waals surface area contributed by atoms with Gasteiger partial charge < -0.3 is 9.26 Å². The minimum Gasteiger partial charge on any atom is -0.488 e. The van der Waals surface area contributed by atoms with Gasteiger partial charge in [-0.15, -0.1) is 0 Å². The summed E-state index contributed by atoms with van der Waals surface area (Å²) in [6, 6.07) is 11.7. The highest BCUT2D eigenvalue weighted by molar-refractivity contribution is 5.67. The lowest BCUT2D eigenvalue weighted by molar-refractivity contribution is -0.825. The second-order valence-electron chi connectivity index (χ2n) is 6.03. The fourth-order valence-electron chi connectivity index (χ4n) is 3.35. The zero-order chi connectivity index (χ0) is 19.2. The molecule has 6 nitrogen and oxygen atoms in total. The Labute approximate surface area is 159 Å². The molecule has 3 N–H and O–H groups in total. The molecule has 1 aromatic heterocycles. The molecule has 0 saturated heterocycles. The van der Waals surface area contributed by atoms with Crippen LogP contribution in [0.4, 0.5) is 5.69 Å². The Hall–Kier alpha value is -2.70. The third kappa shape index (κ3) is 3.86. The molecule has 3 aromatic rings. The van der Waals surface area contributed by atoms with Gasteiger partial charge in [-0.2, -0.15) is 10.5 Å². The van der Waals surface area contributed by atoms with Crippen LogP contribution >= 0.6 is 0 Å². The Morgan fingerprint density at radius 3 is 2.81 bits per heavy atom. The van der Waals surface area contributed by atoms with Gasteiger partial charge in [-0.3, -0.25) is 0 Å². The first kappa shape index (κ1) is 19.1. The smallest absolute Gasteiger partial charge is 0.258 e. The quantitative estimate of drug-likeness (QED) is 0.527. The highest BCUT2D eigenvalue weighted by Gasteiger charge is 2.20. The monoisotopic (exact) mass is 368 g/mol. The van der Waals surface area contributed by atoms with Gasteiger partial charge in [0.2, 0.25) is 11.5 Å². The fraction of sp³-hybridized carbons (Fsp3) is 0.333. The summed E-state index contributed by atoms with van der Waals surface area (Å²) < 4.78 is 11.0. The number of benzene rings is 2. The van der Waals surface area contributed by atoms with Gasteiger partial charge in [-0.25, -0.2) is 5.21 Å². The number of hydrogen-bond acceptors (Lipinski definition) is 5. The number of ether oxygens (including phenoxy) is 1. The molecule has 2 aromatic carbocycles. The van der Waals surface area contributed by atoms with E-state index in [-0.39, 0.29) is 0 Å². The first-order chi connectivity index (χ1) is 13.3. The van der Waals surface area contributed by atoms with Crippen LogP contribution in [-0.2, 0) is 12.8 Å². The molecule has 0 radical (unpaired) electrons. The normalized spacial score (nSPS) is 12.3. The molecule has 0 aliphatic heterocycles. The zero-order valence-electron chi connectivity index (χ0n) is 16.0. The number of fused-ring (bicyclic) bond motifs is 1. The van der Waals surface area contributed by atoms with E-state index < -0.39 is 0 Å². The molecule has 0 amide bonds. The van der Waals surface area contributed by atoms with Crippen molar-refractivity contribution in [3.05, 3.63) is 47.5 Å². The fourth-order valence-corrected chi connectivity index (χ4v) is 3.35. The molecular weight excluding hydrogens is 342 g/mol. The topological polar surface area (TPSA) is 85.0 Å². The van der Waals surface area contributed by atoms with Crippen LogP contribution in [0.3, 0.4) is 0 Å². The molecule has 0 saturated carbocycles. The van der Waals surface area contributed by atoms with Crippen molar-refractivity contribution in [2.45, 2.75) is 40.0 Å². The van der Waals surface area contributed by atoms with Crippen LogP contribution in [0.5, 0.6) is 5.75 Å². The predicted octanol–water partition coefficient (Wildman–Crippen LogP) is 3.90. The van der Waals surface area contributed by atoms with E-state index in [4.69, 9.17) is 9.26 Å². The lowest BCUT2D eigenvalue weighted by Gasteiger charge is -2.05. The van der Waals surface area contributed by atoms with E-state index in [1.807, 2.05) is 39.0 Å². The summed E-state index contributed by atoms with van der Waals surface area (Å²) in [6.07, 6.45) is 3.34. The number of hydrogen-bond donors (Lipinski definition) is 2. The summed E-state index contributed by atoms with van der Waals surface area (Å²) in [7, 11) is 0. The van der Waals surface area contributed by atoms with Crippen molar-refractivity contribution in [3.63, 3.8) is 0 Å². The van der Waals surface area contributed by atoms with Crippen molar-refractivity contribution >= 4 is 5.69 Å². The van der Waals surface area contributed by atoms with Gasteiger partial charge in [0.1, 0.15) is 0 Å². The summed E-state index contributed by atoms with van der Waals surface area (Å²) in [4.78, 5) is 4.57. The van der Waals surface area contributed by atoms with Crippen LogP contribution in [0.2, 0.25) is 0 Å². The molecule has 6 heteroatoms. The van der Waals surface area contributed by atoms with Gasteiger partial charge in [0.05, 0.1) is 6.61 Å². The standard InChI is InChI=1S/C19H19N3O3.C2H6/c1-2-24-17-10-9-13(11-16(17)21-23)19-20-18(22-25-19)15-8-4-6-12-5-3-7-14(12)15;1-2/h4,6,8-11,21,23H,2-3,5,7H2,1H3;1-2H3/p+1. The molecule has 0 spiro atoms. The Morgan fingerprint density at radius 1 is 1.19 bits per heavy atom. The van der Waals surface area contributed by atoms with Crippen molar-refractivity contribution in [1.29, 1.82) is 0 Å². The summed E-state index contributed by atoms with van der Waals surface area (Å²) in [6.45, 7) is 6.43. The summed E-state index contributed by atoms with van der Waals surface area (Å²) >= 11 is 0. The maximum Gasteiger partial charge on any atom is 0.258 e. The lowest BCUT2D eigenvalue weighted by Crippen LogP contribution is -2.73. The Balaban J connectivity index is 0.00000102. The zero-order valence-corrected chi connectivity index (χ0v) is 16.0. The van der Waals surface area contributed by atoms with Crippen molar-refractivity contribution in [2.75, 3.05) is 6.61 Å². The van der Waals surface area contributed by atoms with E-state index in [1.165, 1.54) is 17.5 Å².